The Hall–Kier alpha value is -2.26. The highest BCUT2D eigenvalue weighted by molar-refractivity contribution is 5.91. The molecule has 1 aliphatic heterocycles. The Morgan fingerprint density at radius 3 is 3.14 bits per heavy atom. The van der Waals surface area contributed by atoms with Crippen molar-refractivity contribution in [1.82, 2.24) is 4.90 Å². The number of rotatable bonds is 3. The van der Waals surface area contributed by atoms with Gasteiger partial charge in [0, 0.05) is 19.2 Å². The molecule has 6 heteroatoms. The molecule has 0 radical (unpaired) electrons. The highest BCUT2D eigenvalue weighted by Crippen LogP contribution is 2.26. The number of urea groups is 1. The number of benzene rings is 1. The van der Waals surface area contributed by atoms with Crippen molar-refractivity contribution in [3.8, 4) is 18.1 Å². The molecule has 2 N–H and O–H groups in total. The van der Waals surface area contributed by atoms with E-state index in [-0.39, 0.29) is 24.9 Å². The quantitative estimate of drug-likeness (QED) is 0.836. The summed E-state index contributed by atoms with van der Waals surface area (Å²) in [5.41, 5.74) is 0.344. The monoisotopic (exact) mass is 292 g/mol. The number of anilines is 1. The maximum atomic E-state index is 13.2. The number of hydrogen-bond acceptors (Lipinski definition) is 3. The highest BCUT2D eigenvalue weighted by atomic mass is 19.1. The van der Waals surface area contributed by atoms with Crippen LogP contribution in [0.15, 0.2) is 18.2 Å². The first-order valence-electron chi connectivity index (χ1n) is 6.70. The van der Waals surface area contributed by atoms with Crippen molar-refractivity contribution in [2.75, 3.05) is 25.0 Å². The summed E-state index contributed by atoms with van der Waals surface area (Å²) in [6.45, 7) is 0.840. The van der Waals surface area contributed by atoms with E-state index in [0.717, 1.165) is 12.5 Å². The maximum absolute atomic E-state index is 13.2. The molecule has 0 saturated carbocycles. The third-order valence-electron chi connectivity index (χ3n) is 3.18. The minimum Gasteiger partial charge on any atom is -0.479 e. The van der Waals surface area contributed by atoms with Gasteiger partial charge in [0.25, 0.3) is 0 Å². The summed E-state index contributed by atoms with van der Waals surface area (Å²) in [7, 11) is 0. The minimum absolute atomic E-state index is 0.0191. The van der Waals surface area contributed by atoms with Crippen molar-refractivity contribution < 1.29 is 19.0 Å². The summed E-state index contributed by atoms with van der Waals surface area (Å²) in [4.78, 5) is 13.7. The molecule has 0 aliphatic carbocycles. The molecule has 0 aromatic heterocycles. The van der Waals surface area contributed by atoms with Crippen LogP contribution in [0.5, 0.6) is 5.75 Å². The molecule has 1 aromatic rings. The Morgan fingerprint density at radius 2 is 2.43 bits per heavy atom. The minimum atomic E-state index is -0.505. The highest BCUT2D eigenvalue weighted by Gasteiger charge is 2.22. The Morgan fingerprint density at radius 1 is 1.62 bits per heavy atom. The van der Waals surface area contributed by atoms with Crippen LogP contribution in [0.2, 0.25) is 0 Å². The van der Waals surface area contributed by atoms with Gasteiger partial charge in [-0.3, -0.25) is 0 Å². The molecular weight excluding hydrogens is 275 g/mol. The van der Waals surface area contributed by atoms with Crippen LogP contribution in [0, 0.1) is 18.2 Å². The van der Waals surface area contributed by atoms with E-state index in [1.165, 1.54) is 17.0 Å². The number of halogens is 1. The van der Waals surface area contributed by atoms with Gasteiger partial charge in [-0.1, -0.05) is 5.92 Å². The van der Waals surface area contributed by atoms with Crippen molar-refractivity contribution in [1.29, 1.82) is 0 Å². The summed E-state index contributed by atoms with van der Waals surface area (Å²) in [5.74, 6) is 1.99. The van der Waals surface area contributed by atoms with Gasteiger partial charge in [-0.2, -0.15) is 0 Å². The number of aliphatic hydroxyl groups is 1. The average molecular weight is 292 g/mol. The molecular formula is C15H17FN2O3. The molecule has 1 heterocycles. The molecule has 2 rings (SSSR count). The Bertz CT molecular complexity index is 556. The van der Waals surface area contributed by atoms with Crippen LogP contribution in [-0.2, 0) is 0 Å². The van der Waals surface area contributed by atoms with Gasteiger partial charge in [-0.25, -0.2) is 9.18 Å². The van der Waals surface area contributed by atoms with Crippen LogP contribution in [0.1, 0.15) is 12.8 Å². The molecule has 1 aromatic carbocycles. The summed E-state index contributed by atoms with van der Waals surface area (Å²) in [5, 5.41) is 12.2. The topological polar surface area (TPSA) is 61.8 Å². The number of β-amino-alcohol motifs (C(OH)–C–C–N with tert-alkyl or cyclic N) is 1. The first-order valence-corrected chi connectivity index (χ1v) is 6.70. The summed E-state index contributed by atoms with van der Waals surface area (Å²) in [6, 6.07) is 3.45. The fraction of sp³-hybridized carbons (Fsp3) is 0.400. The summed E-state index contributed by atoms with van der Waals surface area (Å²) >= 11 is 0. The molecule has 1 saturated heterocycles. The van der Waals surface area contributed by atoms with E-state index in [4.69, 9.17) is 11.2 Å². The number of nitrogens with one attached hydrogen (secondary N) is 1. The van der Waals surface area contributed by atoms with Gasteiger partial charge in [0.05, 0.1) is 11.8 Å². The lowest BCUT2D eigenvalue weighted by molar-refractivity contribution is 0.0883. The molecule has 5 nitrogen and oxygen atoms in total. The van der Waals surface area contributed by atoms with Crippen molar-refractivity contribution in [3.05, 3.63) is 24.0 Å². The van der Waals surface area contributed by atoms with Crippen LogP contribution in [0.3, 0.4) is 0 Å². The van der Waals surface area contributed by atoms with Gasteiger partial charge in [0.2, 0.25) is 0 Å². The first-order chi connectivity index (χ1) is 10.1. The lowest BCUT2D eigenvalue weighted by Gasteiger charge is -2.30. The molecule has 1 fully saturated rings. The number of likely N-dealkylation sites (tertiary alicyclic amines) is 1. The lowest BCUT2D eigenvalue weighted by Crippen LogP contribution is -2.44. The third kappa shape index (κ3) is 4.10. The molecule has 1 atom stereocenters. The van der Waals surface area contributed by atoms with E-state index < -0.39 is 11.9 Å². The zero-order chi connectivity index (χ0) is 15.2. The van der Waals surface area contributed by atoms with E-state index in [1.807, 2.05) is 0 Å². The number of carbonyl (C=O) groups is 1. The Balaban J connectivity index is 2.07. The van der Waals surface area contributed by atoms with Gasteiger partial charge in [0.15, 0.2) is 0 Å². The molecule has 112 valence electrons. The zero-order valence-electron chi connectivity index (χ0n) is 11.5. The van der Waals surface area contributed by atoms with Crippen molar-refractivity contribution in [2.45, 2.75) is 18.9 Å². The fourth-order valence-electron chi connectivity index (χ4n) is 2.17. The average Bonchev–Trinajstić information content (AvgIpc) is 2.47. The number of ether oxygens (including phenoxy) is 1. The number of piperidine rings is 1. The third-order valence-corrected chi connectivity index (χ3v) is 3.18. The Kier molecular flexibility index (Phi) is 5.01. The van der Waals surface area contributed by atoms with Crippen molar-refractivity contribution >= 4 is 11.7 Å². The smallest absolute Gasteiger partial charge is 0.322 e. The SMILES string of the molecule is C#CCOc1cc(F)ccc1NC(=O)N1CCCC(O)C1. The van der Waals surface area contributed by atoms with Gasteiger partial charge >= 0.3 is 6.03 Å². The van der Waals surface area contributed by atoms with E-state index in [0.29, 0.717) is 18.7 Å². The summed E-state index contributed by atoms with van der Waals surface area (Å²) < 4.78 is 18.4. The van der Waals surface area contributed by atoms with E-state index in [2.05, 4.69) is 11.2 Å². The number of nitrogens with zero attached hydrogens (tertiary/aromatic N) is 1. The number of amides is 2. The standard InChI is InChI=1S/C15H17FN2O3/c1-2-8-21-14-9-11(16)5-6-13(14)17-15(20)18-7-3-4-12(19)10-18/h1,5-6,9,12,19H,3-4,7-8,10H2,(H,17,20). The Labute approximate surface area is 122 Å². The molecule has 1 unspecified atom stereocenters. The van der Waals surface area contributed by atoms with Gasteiger partial charge < -0.3 is 20.1 Å². The van der Waals surface area contributed by atoms with Gasteiger partial charge in [-0.15, -0.1) is 6.42 Å². The molecule has 1 aliphatic rings. The van der Waals surface area contributed by atoms with Crippen LogP contribution in [0.4, 0.5) is 14.9 Å². The van der Waals surface area contributed by atoms with E-state index >= 15 is 0 Å². The second-order valence-electron chi connectivity index (χ2n) is 4.81. The maximum Gasteiger partial charge on any atom is 0.322 e. The van der Waals surface area contributed by atoms with Gasteiger partial charge in [0.1, 0.15) is 18.2 Å². The second kappa shape index (κ2) is 6.95. The summed E-state index contributed by atoms with van der Waals surface area (Å²) in [6.07, 6.45) is 6.04. The number of terminal acetylenes is 1. The van der Waals surface area contributed by atoms with Crippen molar-refractivity contribution in [3.63, 3.8) is 0 Å². The normalized spacial score (nSPS) is 18.0. The molecule has 0 bridgehead atoms. The predicted molar refractivity (Wildman–Crippen MR) is 76.6 cm³/mol. The largest absolute Gasteiger partial charge is 0.479 e. The van der Waals surface area contributed by atoms with Crippen LogP contribution >= 0.6 is 0 Å². The fourth-order valence-corrected chi connectivity index (χ4v) is 2.17. The van der Waals surface area contributed by atoms with Crippen molar-refractivity contribution in [2.24, 2.45) is 0 Å². The number of aliphatic hydroxyl groups excluding tert-OH is 1. The van der Waals surface area contributed by atoms with Crippen LogP contribution in [0.25, 0.3) is 0 Å². The molecule has 21 heavy (non-hydrogen) atoms. The lowest BCUT2D eigenvalue weighted by atomic mass is 10.1. The number of hydrogen-bond donors (Lipinski definition) is 2. The predicted octanol–water partition coefficient (Wildman–Crippen LogP) is 1.83. The molecule has 0 spiro atoms. The zero-order valence-corrected chi connectivity index (χ0v) is 11.5. The van der Waals surface area contributed by atoms with Crippen LogP contribution < -0.4 is 10.1 Å². The van der Waals surface area contributed by atoms with Crippen LogP contribution in [-0.4, -0.2) is 41.8 Å². The van der Waals surface area contributed by atoms with E-state index in [9.17, 15) is 14.3 Å². The van der Waals surface area contributed by atoms with Gasteiger partial charge in [-0.05, 0) is 25.0 Å². The number of carbonyl (C=O) groups excluding carboxylic acids is 1. The molecule has 2 amide bonds. The second-order valence-corrected chi connectivity index (χ2v) is 4.81. The first kappa shape index (κ1) is 15.1. The van der Waals surface area contributed by atoms with E-state index in [1.54, 1.807) is 0 Å².